The number of aromatic amines is 1. The SMILES string of the molecule is CCCCCCn1c(SCCCO)nc2c1c(=O)[nH]c(=O)n2C. The Morgan fingerprint density at radius 1 is 1.22 bits per heavy atom. The van der Waals surface area contributed by atoms with Crippen LogP contribution in [0.4, 0.5) is 0 Å². The van der Waals surface area contributed by atoms with Crippen molar-refractivity contribution in [1.29, 1.82) is 0 Å². The molecule has 128 valence electrons. The van der Waals surface area contributed by atoms with Crippen molar-refractivity contribution in [2.45, 2.75) is 50.7 Å². The zero-order valence-corrected chi connectivity index (χ0v) is 14.5. The molecule has 0 spiro atoms. The van der Waals surface area contributed by atoms with Crippen LogP contribution in [0.1, 0.15) is 39.0 Å². The Hall–Kier alpha value is -1.54. The molecule has 0 saturated heterocycles. The number of aliphatic hydroxyl groups is 1. The number of hydrogen-bond donors (Lipinski definition) is 2. The molecule has 0 atom stereocenters. The maximum atomic E-state index is 12.2. The van der Waals surface area contributed by atoms with Crippen molar-refractivity contribution < 1.29 is 5.11 Å². The van der Waals surface area contributed by atoms with Crippen LogP contribution < -0.4 is 11.2 Å². The Labute approximate surface area is 138 Å². The summed E-state index contributed by atoms with van der Waals surface area (Å²) in [7, 11) is 1.61. The summed E-state index contributed by atoms with van der Waals surface area (Å²) in [5, 5.41) is 9.67. The minimum atomic E-state index is -0.454. The minimum absolute atomic E-state index is 0.128. The van der Waals surface area contributed by atoms with Crippen LogP contribution in [0.5, 0.6) is 0 Å². The minimum Gasteiger partial charge on any atom is -0.396 e. The van der Waals surface area contributed by atoms with Crippen molar-refractivity contribution in [3.05, 3.63) is 20.8 Å². The van der Waals surface area contributed by atoms with Crippen molar-refractivity contribution in [3.63, 3.8) is 0 Å². The Balaban J connectivity index is 2.41. The lowest BCUT2D eigenvalue weighted by molar-refractivity contribution is 0.296. The van der Waals surface area contributed by atoms with Gasteiger partial charge in [0.2, 0.25) is 0 Å². The summed E-state index contributed by atoms with van der Waals surface area (Å²) in [6.07, 6.45) is 5.04. The van der Waals surface area contributed by atoms with Gasteiger partial charge in [-0.05, 0) is 12.8 Å². The summed E-state index contributed by atoms with van der Waals surface area (Å²) >= 11 is 1.51. The number of unbranched alkanes of at least 4 members (excludes halogenated alkanes) is 3. The molecule has 0 unspecified atom stereocenters. The maximum absolute atomic E-state index is 12.2. The summed E-state index contributed by atoms with van der Waals surface area (Å²) < 4.78 is 3.28. The molecule has 2 N–H and O–H groups in total. The number of rotatable bonds is 9. The summed E-state index contributed by atoms with van der Waals surface area (Å²) in [5.74, 6) is 0.723. The first-order valence-electron chi connectivity index (χ1n) is 8.03. The number of aryl methyl sites for hydroxylation is 2. The number of aromatic nitrogens is 4. The fourth-order valence-electron chi connectivity index (χ4n) is 2.46. The molecule has 23 heavy (non-hydrogen) atoms. The first-order chi connectivity index (χ1) is 11.1. The van der Waals surface area contributed by atoms with E-state index in [-0.39, 0.29) is 12.2 Å². The molecule has 2 rings (SSSR count). The smallest absolute Gasteiger partial charge is 0.329 e. The van der Waals surface area contributed by atoms with Gasteiger partial charge >= 0.3 is 5.69 Å². The van der Waals surface area contributed by atoms with Gasteiger partial charge in [0.05, 0.1) is 0 Å². The number of imidazole rings is 1. The number of nitrogens with zero attached hydrogens (tertiary/aromatic N) is 3. The highest BCUT2D eigenvalue weighted by Crippen LogP contribution is 2.22. The highest BCUT2D eigenvalue weighted by molar-refractivity contribution is 7.99. The number of nitrogens with one attached hydrogen (secondary N) is 1. The highest BCUT2D eigenvalue weighted by atomic mass is 32.2. The summed E-state index contributed by atoms with van der Waals surface area (Å²) in [5.41, 5.74) is 0.0287. The largest absolute Gasteiger partial charge is 0.396 e. The normalized spacial score (nSPS) is 11.4. The Morgan fingerprint density at radius 3 is 2.70 bits per heavy atom. The first kappa shape index (κ1) is 17.8. The molecule has 0 aliphatic rings. The van der Waals surface area contributed by atoms with E-state index in [9.17, 15) is 9.59 Å². The topological polar surface area (TPSA) is 92.9 Å². The van der Waals surface area contributed by atoms with Crippen LogP contribution in [0.2, 0.25) is 0 Å². The highest BCUT2D eigenvalue weighted by Gasteiger charge is 2.17. The molecule has 2 aromatic rings. The second kappa shape index (κ2) is 8.35. The summed E-state index contributed by atoms with van der Waals surface area (Å²) in [6, 6.07) is 0. The predicted molar refractivity (Wildman–Crippen MR) is 92.2 cm³/mol. The van der Waals surface area contributed by atoms with Gasteiger partial charge in [-0.25, -0.2) is 9.78 Å². The van der Waals surface area contributed by atoms with Gasteiger partial charge in [0.25, 0.3) is 5.56 Å². The van der Waals surface area contributed by atoms with E-state index in [0.717, 1.165) is 36.6 Å². The van der Waals surface area contributed by atoms with Gasteiger partial charge in [-0.3, -0.25) is 14.3 Å². The number of fused-ring (bicyclic) bond motifs is 1. The maximum Gasteiger partial charge on any atom is 0.329 e. The number of thioether (sulfide) groups is 1. The van der Waals surface area contributed by atoms with E-state index in [0.29, 0.717) is 24.1 Å². The van der Waals surface area contributed by atoms with Crippen LogP contribution in [0, 0.1) is 0 Å². The van der Waals surface area contributed by atoms with Crippen LogP contribution in [0.3, 0.4) is 0 Å². The van der Waals surface area contributed by atoms with Crippen LogP contribution in [0.25, 0.3) is 11.2 Å². The Bertz CT molecular complexity index is 762. The van der Waals surface area contributed by atoms with Gasteiger partial charge in [0.15, 0.2) is 16.3 Å². The monoisotopic (exact) mass is 340 g/mol. The van der Waals surface area contributed by atoms with E-state index >= 15 is 0 Å². The average Bonchev–Trinajstić information content (AvgIpc) is 2.89. The number of hydrogen-bond acceptors (Lipinski definition) is 5. The molecule has 2 heterocycles. The molecular weight excluding hydrogens is 316 g/mol. The molecule has 0 aromatic carbocycles. The van der Waals surface area contributed by atoms with Crippen molar-refractivity contribution in [2.24, 2.45) is 7.05 Å². The van der Waals surface area contributed by atoms with Gasteiger partial charge in [-0.2, -0.15) is 0 Å². The van der Waals surface area contributed by atoms with Gasteiger partial charge in [-0.1, -0.05) is 37.9 Å². The summed E-state index contributed by atoms with van der Waals surface area (Å²) in [4.78, 5) is 30.8. The Morgan fingerprint density at radius 2 is 2.00 bits per heavy atom. The predicted octanol–water partition coefficient (Wildman–Crippen LogP) is 1.48. The van der Waals surface area contributed by atoms with Gasteiger partial charge < -0.3 is 9.67 Å². The fourth-order valence-corrected chi connectivity index (χ4v) is 3.40. The lowest BCUT2D eigenvalue weighted by Crippen LogP contribution is -2.29. The van der Waals surface area contributed by atoms with E-state index in [2.05, 4.69) is 16.9 Å². The standard InChI is InChI=1S/C15H24N4O3S/c1-3-4-5-6-8-19-11-12(16-15(19)23-10-7-9-20)18(2)14(22)17-13(11)21/h20H,3-10H2,1-2H3,(H,17,21,22). The first-order valence-corrected chi connectivity index (χ1v) is 9.02. The second-order valence-electron chi connectivity index (χ2n) is 5.52. The molecule has 2 aromatic heterocycles. The number of H-pyrrole nitrogens is 1. The van der Waals surface area contributed by atoms with Crippen LogP contribution in [0.15, 0.2) is 14.7 Å². The fraction of sp³-hybridized carbons (Fsp3) is 0.667. The van der Waals surface area contributed by atoms with E-state index < -0.39 is 5.69 Å². The van der Waals surface area contributed by atoms with E-state index in [1.807, 2.05) is 4.57 Å². The number of aliphatic hydroxyl groups excluding tert-OH is 1. The quantitative estimate of drug-likeness (QED) is 0.533. The lowest BCUT2D eigenvalue weighted by Gasteiger charge is -2.08. The van der Waals surface area contributed by atoms with Crippen molar-refractivity contribution in [2.75, 3.05) is 12.4 Å². The molecule has 0 fully saturated rings. The third-order valence-electron chi connectivity index (χ3n) is 3.74. The van der Waals surface area contributed by atoms with Crippen molar-refractivity contribution in [1.82, 2.24) is 19.1 Å². The van der Waals surface area contributed by atoms with Crippen LogP contribution in [-0.4, -0.2) is 36.6 Å². The molecule has 8 heteroatoms. The van der Waals surface area contributed by atoms with E-state index in [1.165, 1.54) is 16.3 Å². The van der Waals surface area contributed by atoms with Crippen LogP contribution >= 0.6 is 11.8 Å². The van der Waals surface area contributed by atoms with Crippen LogP contribution in [-0.2, 0) is 13.6 Å². The van der Waals surface area contributed by atoms with Gasteiger partial charge in [0, 0.05) is 26.0 Å². The zero-order valence-electron chi connectivity index (χ0n) is 13.7. The Kier molecular flexibility index (Phi) is 6.47. The van der Waals surface area contributed by atoms with Gasteiger partial charge in [0.1, 0.15) is 0 Å². The zero-order chi connectivity index (χ0) is 16.8. The molecule has 0 bridgehead atoms. The van der Waals surface area contributed by atoms with E-state index in [4.69, 9.17) is 5.11 Å². The van der Waals surface area contributed by atoms with Crippen molar-refractivity contribution in [3.8, 4) is 0 Å². The third-order valence-corrected chi connectivity index (χ3v) is 4.80. The molecule has 0 aliphatic heterocycles. The molecular formula is C15H24N4O3S. The molecule has 7 nitrogen and oxygen atoms in total. The van der Waals surface area contributed by atoms with Gasteiger partial charge in [-0.15, -0.1) is 0 Å². The molecule has 0 aliphatic carbocycles. The van der Waals surface area contributed by atoms with E-state index in [1.54, 1.807) is 7.05 Å². The second-order valence-corrected chi connectivity index (χ2v) is 6.58. The summed E-state index contributed by atoms with van der Waals surface area (Å²) in [6.45, 7) is 2.99. The molecule has 0 amide bonds. The third kappa shape index (κ3) is 4.06. The lowest BCUT2D eigenvalue weighted by atomic mass is 10.2. The molecule has 0 saturated carbocycles. The molecule has 0 radical (unpaired) electrons. The van der Waals surface area contributed by atoms with Crippen molar-refractivity contribution >= 4 is 22.9 Å². The average molecular weight is 340 g/mol.